The van der Waals surface area contributed by atoms with E-state index in [9.17, 15) is 0 Å². The molecule has 4 aromatic rings. The van der Waals surface area contributed by atoms with Crippen LogP contribution in [0.25, 0.3) is 23.1 Å². The van der Waals surface area contributed by atoms with Gasteiger partial charge >= 0.3 is 0 Å². The molecular weight excluding hydrogens is 372 g/mol. The van der Waals surface area contributed by atoms with Gasteiger partial charge in [-0.3, -0.25) is 0 Å². The molecule has 28 heavy (non-hydrogen) atoms. The first-order chi connectivity index (χ1) is 13.7. The van der Waals surface area contributed by atoms with Crippen molar-refractivity contribution in [1.29, 1.82) is 0 Å². The van der Waals surface area contributed by atoms with Crippen LogP contribution < -0.4 is 9.47 Å². The molecule has 0 aliphatic rings. The average Bonchev–Trinajstić information content (AvgIpc) is 3.13. The Morgan fingerprint density at radius 1 is 0.893 bits per heavy atom. The van der Waals surface area contributed by atoms with E-state index in [-0.39, 0.29) is 0 Å². The Balaban J connectivity index is 1.57. The van der Waals surface area contributed by atoms with E-state index in [0.29, 0.717) is 18.1 Å². The van der Waals surface area contributed by atoms with Gasteiger partial charge in [0.1, 0.15) is 18.0 Å². The summed E-state index contributed by atoms with van der Waals surface area (Å²) < 4.78 is 17.4. The first-order valence-corrected chi connectivity index (χ1v) is 9.31. The second-order valence-electron chi connectivity index (χ2n) is 6.35. The predicted octanol–water partition coefficient (Wildman–Crippen LogP) is 6.84. The van der Waals surface area contributed by atoms with Gasteiger partial charge < -0.3 is 13.9 Å². The Bertz CT molecular complexity index is 1100. The van der Waals surface area contributed by atoms with Crippen molar-refractivity contribution in [2.45, 2.75) is 6.61 Å². The molecule has 0 radical (unpaired) electrons. The maximum absolute atomic E-state index is 5.96. The van der Waals surface area contributed by atoms with Crippen LogP contribution in [-0.4, -0.2) is 7.11 Å². The third-order valence-electron chi connectivity index (χ3n) is 4.37. The summed E-state index contributed by atoms with van der Waals surface area (Å²) in [5.74, 6) is 2.09. The zero-order chi connectivity index (χ0) is 19.3. The predicted molar refractivity (Wildman–Crippen MR) is 114 cm³/mol. The van der Waals surface area contributed by atoms with E-state index >= 15 is 0 Å². The Morgan fingerprint density at radius 3 is 2.43 bits per heavy atom. The SMILES string of the molecule is COc1cc2cc(C=Cc3ccc(Cl)cc3)oc2cc1OCc1ccccc1. The van der Waals surface area contributed by atoms with Gasteiger partial charge in [0, 0.05) is 16.5 Å². The number of ether oxygens (including phenoxy) is 2. The Kier molecular flexibility index (Phi) is 5.36. The quantitative estimate of drug-likeness (QED) is 0.361. The van der Waals surface area contributed by atoms with Crippen molar-refractivity contribution in [2.24, 2.45) is 0 Å². The minimum Gasteiger partial charge on any atom is -0.493 e. The molecule has 0 N–H and O–H groups in total. The van der Waals surface area contributed by atoms with Gasteiger partial charge in [-0.25, -0.2) is 0 Å². The van der Waals surface area contributed by atoms with Crippen LogP contribution in [0.1, 0.15) is 16.9 Å². The molecule has 1 heterocycles. The molecule has 1 aromatic heterocycles. The van der Waals surface area contributed by atoms with Gasteiger partial charge in [-0.2, -0.15) is 0 Å². The Morgan fingerprint density at radius 2 is 1.68 bits per heavy atom. The largest absolute Gasteiger partial charge is 0.493 e. The summed E-state index contributed by atoms with van der Waals surface area (Å²) in [6, 6.07) is 23.4. The minimum absolute atomic E-state index is 0.465. The van der Waals surface area contributed by atoms with Crippen molar-refractivity contribution < 1.29 is 13.9 Å². The van der Waals surface area contributed by atoms with E-state index in [2.05, 4.69) is 0 Å². The summed E-state index contributed by atoms with van der Waals surface area (Å²) >= 11 is 5.92. The second kappa shape index (κ2) is 8.24. The fourth-order valence-electron chi connectivity index (χ4n) is 2.91. The monoisotopic (exact) mass is 390 g/mol. The lowest BCUT2D eigenvalue weighted by atomic mass is 10.2. The number of rotatable bonds is 6. The van der Waals surface area contributed by atoms with Crippen molar-refractivity contribution >= 4 is 34.7 Å². The molecule has 0 fully saturated rings. The van der Waals surface area contributed by atoms with Crippen molar-refractivity contribution in [3.63, 3.8) is 0 Å². The summed E-state index contributed by atoms with van der Waals surface area (Å²) in [5.41, 5.74) is 2.89. The molecule has 0 aliphatic heterocycles. The van der Waals surface area contributed by atoms with E-state index in [4.69, 9.17) is 25.5 Å². The van der Waals surface area contributed by atoms with Crippen LogP contribution in [0.2, 0.25) is 5.02 Å². The first kappa shape index (κ1) is 18.2. The third-order valence-corrected chi connectivity index (χ3v) is 4.62. The lowest BCUT2D eigenvalue weighted by Gasteiger charge is -2.10. The number of benzene rings is 3. The second-order valence-corrected chi connectivity index (χ2v) is 6.79. The lowest BCUT2D eigenvalue weighted by Crippen LogP contribution is -1.97. The highest BCUT2D eigenvalue weighted by atomic mass is 35.5. The fourth-order valence-corrected chi connectivity index (χ4v) is 3.04. The van der Waals surface area contributed by atoms with Gasteiger partial charge in [0.15, 0.2) is 11.5 Å². The topological polar surface area (TPSA) is 31.6 Å². The number of hydrogen-bond acceptors (Lipinski definition) is 3. The fraction of sp³-hybridized carbons (Fsp3) is 0.0833. The highest BCUT2D eigenvalue weighted by Crippen LogP contribution is 2.35. The molecular formula is C24H19ClO3. The molecule has 0 saturated carbocycles. The van der Waals surface area contributed by atoms with E-state index < -0.39 is 0 Å². The van der Waals surface area contributed by atoms with Gasteiger partial charge in [-0.1, -0.05) is 60.1 Å². The number of halogens is 1. The first-order valence-electron chi connectivity index (χ1n) is 8.93. The Labute approximate surface area is 168 Å². The number of hydrogen-bond donors (Lipinski definition) is 0. The molecule has 0 aliphatic carbocycles. The highest BCUT2D eigenvalue weighted by Gasteiger charge is 2.11. The Hall–Kier alpha value is -3.17. The van der Waals surface area contributed by atoms with Gasteiger partial charge in [0.2, 0.25) is 0 Å². The zero-order valence-electron chi connectivity index (χ0n) is 15.4. The van der Waals surface area contributed by atoms with Crippen LogP contribution >= 0.6 is 11.6 Å². The van der Waals surface area contributed by atoms with E-state index in [0.717, 1.165) is 32.9 Å². The summed E-state index contributed by atoms with van der Waals surface area (Å²) in [6.07, 6.45) is 3.91. The standard InChI is InChI=1S/C24H19ClO3/c1-26-23-14-19-13-21(12-9-17-7-10-20(25)11-8-17)28-22(19)15-24(23)27-16-18-5-3-2-4-6-18/h2-15H,16H2,1H3. The number of furan rings is 1. The molecule has 140 valence electrons. The van der Waals surface area contributed by atoms with Crippen molar-refractivity contribution in [2.75, 3.05) is 7.11 Å². The highest BCUT2D eigenvalue weighted by molar-refractivity contribution is 6.30. The lowest BCUT2D eigenvalue weighted by molar-refractivity contribution is 0.284. The maximum Gasteiger partial charge on any atom is 0.165 e. The van der Waals surface area contributed by atoms with E-state index in [1.807, 2.05) is 84.9 Å². The van der Waals surface area contributed by atoms with E-state index in [1.54, 1.807) is 7.11 Å². The van der Waals surface area contributed by atoms with Gasteiger partial charge in [0.25, 0.3) is 0 Å². The number of fused-ring (bicyclic) bond motifs is 1. The molecule has 3 aromatic carbocycles. The smallest absolute Gasteiger partial charge is 0.165 e. The van der Waals surface area contributed by atoms with Crippen LogP contribution in [0.3, 0.4) is 0 Å². The normalized spacial score (nSPS) is 11.2. The molecule has 0 spiro atoms. The summed E-state index contributed by atoms with van der Waals surface area (Å²) in [5, 5.41) is 1.68. The van der Waals surface area contributed by atoms with Gasteiger partial charge in [-0.05, 0) is 41.5 Å². The van der Waals surface area contributed by atoms with Crippen LogP contribution in [0.15, 0.2) is 77.2 Å². The van der Waals surface area contributed by atoms with Gasteiger partial charge in [0.05, 0.1) is 7.11 Å². The average molecular weight is 391 g/mol. The zero-order valence-corrected chi connectivity index (χ0v) is 16.1. The molecule has 0 bridgehead atoms. The number of methoxy groups -OCH3 is 1. The molecule has 0 unspecified atom stereocenters. The van der Waals surface area contributed by atoms with Crippen LogP contribution in [0.4, 0.5) is 0 Å². The van der Waals surface area contributed by atoms with Crippen LogP contribution in [0.5, 0.6) is 11.5 Å². The molecule has 3 nitrogen and oxygen atoms in total. The van der Waals surface area contributed by atoms with Gasteiger partial charge in [-0.15, -0.1) is 0 Å². The molecule has 0 amide bonds. The van der Waals surface area contributed by atoms with E-state index in [1.165, 1.54) is 0 Å². The summed E-state index contributed by atoms with van der Waals surface area (Å²) in [7, 11) is 1.64. The van der Waals surface area contributed by atoms with Crippen molar-refractivity contribution in [3.05, 3.63) is 94.7 Å². The summed E-state index contributed by atoms with van der Waals surface area (Å²) in [6.45, 7) is 0.465. The molecule has 0 atom stereocenters. The summed E-state index contributed by atoms with van der Waals surface area (Å²) in [4.78, 5) is 0. The van der Waals surface area contributed by atoms with Crippen LogP contribution in [-0.2, 0) is 6.61 Å². The minimum atomic E-state index is 0.465. The van der Waals surface area contributed by atoms with Crippen molar-refractivity contribution in [1.82, 2.24) is 0 Å². The molecule has 0 saturated heterocycles. The van der Waals surface area contributed by atoms with Crippen LogP contribution in [0, 0.1) is 0 Å². The molecule has 4 rings (SSSR count). The third kappa shape index (κ3) is 4.21. The van der Waals surface area contributed by atoms with Crippen molar-refractivity contribution in [3.8, 4) is 11.5 Å². The maximum atomic E-state index is 5.96. The molecule has 4 heteroatoms.